The molecule has 0 fully saturated rings. The van der Waals surface area contributed by atoms with Gasteiger partial charge >= 0.3 is 5.97 Å². The van der Waals surface area contributed by atoms with E-state index in [2.05, 4.69) is 25.7 Å². The van der Waals surface area contributed by atoms with Crippen LogP contribution < -0.4 is 0 Å². The van der Waals surface area contributed by atoms with Crippen molar-refractivity contribution in [1.29, 1.82) is 0 Å². The van der Waals surface area contributed by atoms with E-state index in [-0.39, 0.29) is 0 Å². The third-order valence-electron chi connectivity index (χ3n) is 2.60. The highest BCUT2D eigenvalue weighted by Crippen LogP contribution is 2.07. The molecule has 0 unspecified atom stereocenters. The summed E-state index contributed by atoms with van der Waals surface area (Å²) < 4.78 is 0. The molecule has 0 aliphatic carbocycles. The van der Waals surface area contributed by atoms with Gasteiger partial charge in [0, 0.05) is 18.7 Å². The molecule has 0 saturated carbocycles. The average molecular weight is 227 g/mol. The summed E-state index contributed by atoms with van der Waals surface area (Å²) in [6, 6.07) is 0.467. The van der Waals surface area contributed by atoms with Crippen molar-refractivity contribution in [3.05, 3.63) is 11.6 Å². The van der Waals surface area contributed by atoms with Crippen LogP contribution in [-0.4, -0.2) is 35.1 Å². The molecule has 0 aliphatic heterocycles. The van der Waals surface area contributed by atoms with Crippen LogP contribution in [0.4, 0.5) is 0 Å². The number of nitrogens with zero attached hydrogens (tertiary/aromatic N) is 1. The Hall–Kier alpha value is -0.830. The second-order valence-corrected chi connectivity index (χ2v) is 4.60. The van der Waals surface area contributed by atoms with Crippen LogP contribution in [0.15, 0.2) is 11.6 Å². The number of rotatable bonds is 8. The van der Waals surface area contributed by atoms with Crippen LogP contribution >= 0.6 is 0 Å². The quantitative estimate of drug-likeness (QED) is 0.512. The Morgan fingerprint density at radius 2 is 2.00 bits per heavy atom. The second-order valence-electron chi connectivity index (χ2n) is 4.60. The minimum absolute atomic E-state index is 0.467. The summed E-state index contributed by atoms with van der Waals surface area (Å²) in [6.07, 6.45) is 4.95. The number of hydrogen-bond donors (Lipinski definition) is 1. The van der Waals surface area contributed by atoms with E-state index in [1.165, 1.54) is 25.3 Å². The summed E-state index contributed by atoms with van der Waals surface area (Å²) in [5, 5.41) is 8.65. The fourth-order valence-electron chi connectivity index (χ4n) is 1.66. The molecule has 0 aliphatic rings. The van der Waals surface area contributed by atoms with Gasteiger partial charge in [-0.25, -0.2) is 4.79 Å². The molecule has 0 atom stereocenters. The Morgan fingerprint density at radius 1 is 1.38 bits per heavy atom. The number of carboxylic acid groups (broad SMARTS) is 1. The number of carbonyl (C=O) groups is 1. The molecule has 0 heterocycles. The number of hydrogen-bond acceptors (Lipinski definition) is 2. The first-order valence-corrected chi connectivity index (χ1v) is 6.11. The van der Waals surface area contributed by atoms with Crippen LogP contribution in [0.5, 0.6) is 0 Å². The number of carboxylic acids is 1. The first-order valence-electron chi connectivity index (χ1n) is 6.11. The van der Waals surface area contributed by atoms with E-state index in [0.29, 0.717) is 6.04 Å². The monoisotopic (exact) mass is 227 g/mol. The maximum absolute atomic E-state index is 10.5. The van der Waals surface area contributed by atoms with Crippen molar-refractivity contribution in [3.63, 3.8) is 0 Å². The maximum atomic E-state index is 10.5. The fourth-order valence-corrected chi connectivity index (χ4v) is 1.66. The Kier molecular flexibility index (Phi) is 7.90. The minimum atomic E-state index is -0.852. The molecule has 94 valence electrons. The number of aliphatic carboxylic acids is 1. The first-order chi connectivity index (χ1) is 7.47. The van der Waals surface area contributed by atoms with E-state index < -0.39 is 5.97 Å². The topological polar surface area (TPSA) is 40.5 Å². The van der Waals surface area contributed by atoms with Crippen molar-refractivity contribution in [1.82, 2.24) is 4.90 Å². The van der Waals surface area contributed by atoms with Gasteiger partial charge in [0.1, 0.15) is 0 Å². The van der Waals surface area contributed by atoms with Gasteiger partial charge in [0.05, 0.1) is 0 Å². The van der Waals surface area contributed by atoms with Crippen molar-refractivity contribution in [2.75, 3.05) is 13.1 Å². The molecule has 0 aromatic carbocycles. The van der Waals surface area contributed by atoms with Gasteiger partial charge in [-0.05, 0) is 33.7 Å². The summed E-state index contributed by atoms with van der Waals surface area (Å²) >= 11 is 0. The van der Waals surface area contributed by atoms with Gasteiger partial charge in [0.2, 0.25) is 0 Å². The van der Waals surface area contributed by atoms with Crippen molar-refractivity contribution < 1.29 is 9.90 Å². The SMILES string of the molecule is CCCCCN(CC(C)=CC(=O)O)C(C)C. The molecule has 1 N–H and O–H groups in total. The summed E-state index contributed by atoms with van der Waals surface area (Å²) in [6.45, 7) is 10.2. The first kappa shape index (κ1) is 15.2. The van der Waals surface area contributed by atoms with Crippen LogP contribution in [0.2, 0.25) is 0 Å². The lowest BCUT2D eigenvalue weighted by atomic mass is 10.2. The summed E-state index contributed by atoms with van der Waals surface area (Å²) in [4.78, 5) is 12.9. The van der Waals surface area contributed by atoms with Gasteiger partial charge in [-0.15, -0.1) is 0 Å². The van der Waals surface area contributed by atoms with E-state index in [4.69, 9.17) is 5.11 Å². The predicted octanol–water partition coefficient (Wildman–Crippen LogP) is 2.92. The zero-order valence-corrected chi connectivity index (χ0v) is 11.0. The van der Waals surface area contributed by atoms with E-state index in [1.54, 1.807) is 0 Å². The lowest BCUT2D eigenvalue weighted by molar-refractivity contribution is -0.131. The molecule has 0 amide bonds. The van der Waals surface area contributed by atoms with Gasteiger partial charge in [0.25, 0.3) is 0 Å². The minimum Gasteiger partial charge on any atom is -0.478 e. The Balaban J connectivity index is 4.17. The molecule has 0 bridgehead atoms. The van der Waals surface area contributed by atoms with Crippen LogP contribution in [0, 0.1) is 0 Å². The lowest BCUT2D eigenvalue weighted by Gasteiger charge is -2.26. The lowest BCUT2D eigenvalue weighted by Crippen LogP contribution is -2.33. The Labute approximate surface area is 99.1 Å². The molecule has 0 radical (unpaired) electrons. The van der Waals surface area contributed by atoms with Crippen LogP contribution in [0.1, 0.15) is 47.0 Å². The average Bonchev–Trinajstić information content (AvgIpc) is 2.15. The zero-order chi connectivity index (χ0) is 12.6. The van der Waals surface area contributed by atoms with Crippen LogP contribution in [0.3, 0.4) is 0 Å². The highest BCUT2D eigenvalue weighted by Gasteiger charge is 2.09. The smallest absolute Gasteiger partial charge is 0.328 e. The van der Waals surface area contributed by atoms with E-state index in [9.17, 15) is 4.79 Å². The molecule has 3 nitrogen and oxygen atoms in total. The summed E-state index contributed by atoms with van der Waals surface area (Å²) in [7, 11) is 0. The predicted molar refractivity (Wildman–Crippen MR) is 67.6 cm³/mol. The van der Waals surface area contributed by atoms with E-state index in [1.807, 2.05) is 6.92 Å². The van der Waals surface area contributed by atoms with E-state index >= 15 is 0 Å². The standard InChI is InChI=1S/C13H25NO2/c1-5-6-7-8-14(11(2)3)10-12(4)9-13(15)16/h9,11H,5-8,10H2,1-4H3,(H,15,16). The summed E-state index contributed by atoms with van der Waals surface area (Å²) in [5.74, 6) is -0.852. The van der Waals surface area contributed by atoms with Crippen LogP contribution in [0.25, 0.3) is 0 Å². The zero-order valence-electron chi connectivity index (χ0n) is 11.0. The molecule has 0 aromatic rings. The third kappa shape index (κ3) is 7.46. The highest BCUT2D eigenvalue weighted by atomic mass is 16.4. The van der Waals surface area contributed by atoms with Crippen LogP contribution in [-0.2, 0) is 4.79 Å². The van der Waals surface area contributed by atoms with Crippen molar-refractivity contribution in [2.24, 2.45) is 0 Å². The maximum Gasteiger partial charge on any atom is 0.328 e. The third-order valence-corrected chi connectivity index (χ3v) is 2.60. The van der Waals surface area contributed by atoms with Gasteiger partial charge in [-0.2, -0.15) is 0 Å². The van der Waals surface area contributed by atoms with Crippen molar-refractivity contribution in [2.45, 2.75) is 53.0 Å². The second kappa shape index (κ2) is 8.34. The van der Waals surface area contributed by atoms with Crippen molar-refractivity contribution >= 4 is 5.97 Å². The van der Waals surface area contributed by atoms with Gasteiger partial charge in [0.15, 0.2) is 0 Å². The molecule has 0 spiro atoms. The normalized spacial score (nSPS) is 12.5. The van der Waals surface area contributed by atoms with Crippen molar-refractivity contribution in [3.8, 4) is 0 Å². The van der Waals surface area contributed by atoms with Gasteiger partial charge in [-0.3, -0.25) is 4.90 Å². The highest BCUT2D eigenvalue weighted by molar-refractivity contribution is 5.80. The molecule has 0 saturated heterocycles. The number of unbranched alkanes of at least 4 members (excludes halogenated alkanes) is 2. The Bertz CT molecular complexity index is 234. The van der Waals surface area contributed by atoms with E-state index in [0.717, 1.165) is 18.7 Å². The molecular formula is C13H25NO2. The molecule has 16 heavy (non-hydrogen) atoms. The van der Waals surface area contributed by atoms with Gasteiger partial charge < -0.3 is 5.11 Å². The fraction of sp³-hybridized carbons (Fsp3) is 0.769. The molecule has 0 rings (SSSR count). The molecule has 3 heteroatoms. The Morgan fingerprint density at radius 3 is 2.44 bits per heavy atom. The largest absolute Gasteiger partial charge is 0.478 e. The molecule has 0 aromatic heterocycles. The molecular weight excluding hydrogens is 202 g/mol. The van der Waals surface area contributed by atoms with Gasteiger partial charge in [-0.1, -0.05) is 25.3 Å². The summed E-state index contributed by atoms with van der Waals surface area (Å²) in [5.41, 5.74) is 0.915.